The van der Waals surface area contributed by atoms with Crippen LogP contribution >= 0.6 is 0 Å². The van der Waals surface area contributed by atoms with Crippen LogP contribution in [0.4, 0.5) is 34.1 Å². The molecule has 0 radical (unpaired) electrons. The van der Waals surface area contributed by atoms with E-state index in [2.05, 4.69) is 21.3 Å². The molecule has 28 heavy (non-hydrogen) atoms. The highest BCUT2D eigenvalue weighted by Crippen LogP contribution is 2.31. The molecule has 16 nitrogen and oxygen atoms in total. The van der Waals surface area contributed by atoms with E-state index in [1.54, 1.807) is 0 Å². The minimum Gasteiger partial charge on any atom is -0.277 e. The molecule has 2 aromatic rings. The molecular weight excluding hydrogens is 384 g/mol. The molecule has 0 aliphatic heterocycles. The first-order chi connectivity index (χ1) is 13.2. The van der Waals surface area contributed by atoms with Crippen molar-refractivity contribution in [3.8, 4) is 0 Å². The number of hydrogen-bond donors (Lipinski definition) is 2. The standard InChI is InChI=1S/C12H8N8O8/c21-17(22)7-1-3-9(11(5-7)19(25)26)13-15-16-14-10-4-2-8(18(23)24)6-12(10)20(27)28/h1-6H,(H,13,16)(H,14,15). The third-order valence-corrected chi connectivity index (χ3v) is 3.15. The summed E-state index contributed by atoms with van der Waals surface area (Å²) in [6.45, 7) is 0. The van der Waals surface area contributed by atoms with Crippen LogP contribution in [-0.2, 0) is 0 Å². The van der Waals surface area contributed by atoms with Crippen molar-refractivity contribution in [3.63, 3.8) is 0 Å². The van der Waals surface area contributed by atoms with E-state index in [9.17, 15) is 40.5 Å². The number of non-ortho nitro benzene ring substituents is 2. The summed E-state index contributed by atoms with van der Waals surface area (Å²) >= 11 is 0. The first-order valence-electron chi connectivity index (χ1n) is 6.98. The Balaban J connectivity index is 2.18. The van der Waals surface area contributed by atoms with E-state index in [0.29, 0.717) is 6.07 Å². The van der Waals surface area contributed by atoms with Gasteiger partial charge in [-0.2, -0.15) is 0 Å². The van der Waals surface area contributed by atoms with Crippen LogP contribution in [0.3, 0.4) is 0 Å². The molecule has 144 valence electrons. The van der Waals surface area contributed by atoms with Crippen LogP contribution in [0.2, 0.25) is 0 Å². The third-order valence-electron chi connectivity index (χ3n) is 3.15. The molecule has 2 aromatic carbocycles. The highest BCUT2D eigenvalue weighted by molar-refractivity contribution is 5.65. The number of nitrogens with one attached hydrogen (secondary N) is 2. The number of anilines is 1. The van der Waals surface area contributed by atoms with E-state index in [-0.39, 0.29) is 11.4 Å². The summed E-state index contributed by atoms with van der Waals surface area (Å²) < 4.78 is 0. The number of nitro benzene ring substituents is 4. The van der Waals surface area contributed by atoms with Gasteiger partial charge in [0.2, 0.25) is 0 Å². The van der Waals surface area contributed by atoms with Gasteiger partial charge in [-0.05, 0) is 12.1 Å². The van der Waals surface area contributed by atoms with Gasteiger partial charge in [-0.25, -0.2) is 5.53 Å². The quantitative estimate of drug-likeness (QED) is 0.379. The Bertz CT molecular complexity index is 1010. The molecule has 0 spiro atoms. The summed E-state index contributed by atoms with van der Waals surface area (Å²) in [4.78, 5) is 39.9. The number of rotatable bonds is 8. The highest BCUT2D eigenvalue weighted by Gasteiger charge is 2.20. The number of benzene rings is 2. The lowest BCUT2D eigenvalue weighted by molar-refractivity contribution is -0.393. The highest BCUT2D eigenvalue weighted by atomic mass is 16.6. The number of hydrazine groups is 1. The minimum atomic E-state index is -0.893. The van der Waals surface area contributed by atoms with Gasteiger partial charge in [-0.3, -0.25) is 45.9 Å². The molecule has 0 unspecified atom stereocenters. The predicted octanol–water partition coefficient (Wildman–Crippen LogP) is 2.93. The van der Waals surface area contributed by atoms with Crippen LogP contribution in [0.25, 0.3) is 0 Å². The minimum absolute atomic E-state index is 0.187. The number of nitrogens with zero attached hydrogens (tertiary/aromatic N) is 6. The van der Waals surface area contributed by atoms with E-state index >= 15 is 0 Å². The largest absolute Gasteiger partial charge is 0.303 e. The first-order valence-corrected chi connectivity index (χ1v) is 6.98. The van der Waals surface area contributed by atoms with Gasteiger partial charge in [0.25, 0.3) is 11.4 Å². The molecule has 0 aliphatic rings. The summed E-state index contributed by atoms with van der Waals surface area (Å²) in [6, 6.07) is 5.46. The van der Waals surface area contributed by atoms with Crippen LogP contribution in [0.1, 0.15) is 0 Å². The Labute approximate surface area is 153 Å². The molecule has 0 bridgehead atoms. The zero-order valence-electron chi connectivity index (χ0n) is 13.4. The summed E-state index contributed by atoms with van der Waals surface area (Å²) in [6.07, 6.45) is 0. The molecular formula is C12H8N8O8. The summed E-state index contributed by atoms with van der Waals surface area (Å²) in [5, 5.41) is 50.1. The second kappa shape index (κ2) is 8.08. The number of hydrogen-bond acceptors (Lipinski definition) is 11. The van der Waals surface area contributed by atoms with Crippen LogP contribution < -0.4 is 11.0 Å². The van der Waals surface area contributed by atoms with Crippen molar-refractivity contribution in [1.82, 2.24) is 5.53 Å². The van der Waals surface area contributed by atoms with Crippen molar-refractivity contribution in [1.29, 1.82) is 0 Å². The molecule has 0 fully saturated rings. The third kappa shape index (κ3) is 4.45. The maximum absolute atomic E-state index is 11.0. The monoisotopic (exact) mass is 392 g/mol. The van der Waals surface area contributed by atoms with Crippen molar-refractivity contribution >= 4 is 34.1 Å². The van der Waals surface area contributed by atoms with Gasteiger partial charge < -0.3 is 0 Å². The average Bonchev–Trinajstić information content (AvgIpc) is 2.64. The second-order valence-corrected chi connectivity index (χ2v) is 4.84. The molecule has 0 amide bonds. The predicted molar refractivity (Wildman–Crippen MR) is 90.8 cm³/mol. The molecule has 0 aromatic heterocycles. The number of nitro groups is 4. The van der Waals surface area contributed by atoms with Crippen LogP contribution in [0.5, 0.6) is 0 Å². The van der Waals surface area contributed by atoms with E-state index in [1.807, 2.05) is 0 Å². The Morgan fingerprint density at radius 1 is 0.714 bits per heavy atom. The molecule has 2 rings (SSSR count). The first kappa shape index (κ1) is 19.6. The molecule has 16 heteroatoms. The van der Waals surface area contributed by atoms with Gasteiger partial charge in [-0.15, -0.1) is 5.11 Å². The summed E-state index contributed by atoms with van der Waals surface area (Å²) in [5.74, 6) is 0. The lowest BCUT2D eigenvalue weighted by Crippen LogP contribution is -2.15. The maximum atomic E-state index is 11.0. The maximum Gasteiger partial charge on any atom is 0.303 e. The zero-order valence-corrected chi connectivity index (χ0v) is 13.4. The zero-order chi connectivity index (χ0) is 20.8. The average molecular weight is 392 g/mol. The normalized spacial score (nSPS) is 10.4. The van der Waals surface area contributed by atoms with Gasteiger partial charge in [0.05, 0.1) is 31.8 Å². The van der Waals surface area contributed by atoms with E-state index in [1.165, 1.54) is 0 Å². The molecule has 2 N–H and O–H groups in total. The fourth-order valence-corrected chi connectivity index (χ4v) is 1.91. The Morgan fingerprint density at radius 3 is 1.79 bits per heavy atom. The fourth-order valence-electron chi connectivity index (χ4n) is 1.91. The molecule has 0 heterocycles. The van der Waals surface area contributed by atoms with Crippen molar-refractivity contribution < 1.29 is 19.7 Å². The van der Waals surface area contributed by atoms with E-state index in [0.717, 1.165) is 30.3 Å². The molecule has 0 saturated heterocycles. The van der Waals surface area contributed by atoms with E-state index in [4.69, 9.17) is 0 Å². The topological polar surface area (TPSA) is 221 Å². The SMILES string of the molecule is O=[N+]([O-])c1ccc(N=NNNc2ccc([N+](=O)[O-])cc2[N+](=O)[O-])c([N+](=O)[O-])c1. The van der Waals surface area contributed by atoms with Gasteiger partial charge in [0, 0.05) is 12.1 Å². The van der Waals surface area contributed by atoms with Gasteiger partial charge in [-0.1, -0.05) is 5.22 Å². The van der Waals surface area contributed by atoms with Crippen molar-refractivity contribution in [2.45, 2.75) is 0 Å². The van der Waals surface area contributed by atoms with E-state index < -0.39 is 42.4 Å². The fraction of sp³-hybridized carbons (Fsp3) is 0. The molecule has 0 aliphatic carbocycles. The van der Waals surface area contributed by atoms with Crippen molar-refractivity contribution in [2.75, 3.05) is 5.43 Å². The second-order valence-electron chi connectivity index (χ2n) is 4.84. The summed E-state index contributed by atoms with van der Waals surface area (Å²) in [7, 11) is 0. The smallest absolute Gasteiger partial charge is 0.277 e. The van der Waals surface area contributed by atoms with Gasteiger partial charge in [0.1, 0.15) is 5.69 Å². The lowest BCUT2D eigenvalue weighted by atomic mass is 10.2. The van der Waals surface area contributed by atoms with Gasteiger partial charge in [0.15, 0.2) is 5.69 Å². The van der Waals surface area contributed by atoms with Gasteiger partial charge >= 0.3 is 11.4 Å². The lowest BCUT2D eigenvalue weighted by Gasteiger charge is -2.04. The van der Waals surface area contributed by atoms with Crippen molar-refractivity contribution in [3.05, 3.63) is 76.9 Å². The Morgan fingerprint density at radius 2 is 1.25 bits per heavy atom. The van der Waals surface area contributed by atoms with Crippen LogP contribution in [-0.4, -0.2) is 19.7 Å². The summed E-state index contributed by atoms with van der Waals surface area (Å²) in [5.41, 5.74) is 1.51. The Hall–Kier alpha value is -4.76. The Kier molecular flexibility index (Phi) is 5.64. The van der Waals surface area contributed by atoms with Crippen molar-refractivity contribution in [2.24, 2.45) is 10.3 Å². The molecule has 0 atom stereocenters. The van der Waals surface area contributed by atoms with Crippen LogP contribution in [0, 0.1) is 40.5 Å². The molecule has 0 saturated carbocycles. The van der Waals surface area contributed by atoms with Crippen LogP contribution in [0.15, 0.2) is 46.7 Å².